The van der Waals surface area contributed by atoms with Gasteiger partial charge in [0.1, 0.15) is 10.6 Å². The summed E-state index contributed by atoms with van der Waals surface area (Å²) in [5, 5.41) is 3.08. The number of rotatable bonds is 7. The molecule has 0 atom stereocenters. The molecule has 0 saturated heterocycles. The number of hydrogen-bond donors (Lipinski definition) is 1. The van der Waals surface area contributed by atoms with Crippen molar-refractivity contribution in [3.63, 3.8) is 0 Å². The SMILES string of the molecule is CNCCCCOc1ccc2c(c1)S(=O)(=O)N=C2c1ccc(Br)cc1. The highest BCUT2D eigenvalue weighted by Crippen LogP contribution is 2.32. The fourth-order valence-corrected chi connectivity index (χ4v) is 4.14. The normalized spacial score (nSPS) is 14.9. The van der Waals surface area contributed by atoms with Gasteiger partial charge in [-0.2, -0.15) is 12.8 Å². The van der Waals surface area contributed by atoms with Crippen molar-refractivity contribution in [1.29, 1.82) is 0 Å². The van der Waals surface area contributed by atoms with E-state index >= 15 is 0 Å². The van der Waals surface area contributed by atoms with Crippen LogP contribution in [0.5, 0.6) is 5.75 Å². The van der Waals surface area contributed by atoms with Crippen molar-refractivity contribution < 1.29 is 13.2 Å². The van der Waals surface area contributed by atoms with Crippen LogP contribution in [0.25, 0.3) is 0 Å². The Morgan fingerprint density at radius 1 is 1.12 bits per heavy atom. The molecule has 25 heavy (non-hydrogen) atoms. The molecule has 0 saturated carbocycles. The smallest absolute Gasteiger partial charge is 0.283 e. The number of hydrogen-bond acceptors (Lipinski definition) is 4. The van der Waals surface area contributed by atoms with E-state index in [0.717, 1.165) is 29.4 Å². The second kappa shape index (κ2) is 7.68. The maximum absolute atomic E-state index is 12.4. The van der Waals surface area contributed by atoms with Crippen molar-refractivity contribution in [2.45, 2.75) is 17.7 Å². The van der Waals surface area contributed by atoms with Gasteiger partial charge in [0.25, 0.3) is 10.0 Å². The van der Waals surface area contributed by atoms with E-state index in [2.05, 4.69) is 25.6 Å². The first-order valence-corrected chi connectivity index (χ1v) is 10.3. The quantitative estimate of drug-likeness (QED) is 0.694. The average Bonchev–Trinajstić information content (AvgIpc) is 2.86. The van der Waals surface area contributed by atoms with E-state index in [1.807, 2.05) is 31.3 Å². The topological polar surface area (TPSA) is 67.8 Å². The van der Waals surface area contributed by atoms with Crippen LogP contribution in [0.3, 0.4) is 0 Å². The Morgan fingerprint density at radius 3 is 2.60 bits per heavy atom. The van der Waals surface area contributed by atoms with Gasteiger partial charge in [0.05, 0.1) is 12.3 Å². The molecular weight excluding hydrogens is 404 g/mol. The third kappa shape index (κ3) is 4.11. The number of ether oxygens (including phenoxy) is 1. The first-order valence-electron chi connectivity index (χ1n) is 8.04. The lowest BCUT2D eigenvalue weighted by atomic mass is 10.0. The molecule has 0 spiro atoms. The maximum Gasteiger partial charge on any atom is 0.283 e. The van der Waals surface area contributed by atoms with Gasteiger partial charge in [-0.05, 0) is 50.7 Å². The molecule has 0 radical (unpaired) electrons. The van der Waals surface area contributed by atoms with Gasteiger partial charge >= 0.3 is 0 Å². The van der Waals surface area contributed by atoms with Crippen molar-refractivity contribution in [2.24, 2.45) is 4.40 Å². The van der Waals surface area contributed by atoms with Gasteiger partial charge in [-0.25, -0.2) is 0 Å². The van der Waals surface area contributed by atoms with Crippen molar-refractivity contribution in [2.75, 3.05) is 20.2 Å². The molecule has 3 rings (SSSR count). The molecule has 0 aromatic heterocycles. The molecule has 0 bridgehead atoms. The lowest BCUT2D eigenvalue weighted by Crippen LogP contribution is -2.09. The standard InChI is InChI=1S/C18H19BrN2O3S/c1-20-10-2-3-11-24-15-8-9-16-17(12-15)25(22,23)21-18(16)13-4-6-14(19)7-5-13/h4-9,12,20H,2-3,10-11H2,1H3. The van der Waals surface area contributed by atoms with Gasteiger partial charge in [0.15, 0.2) is 0 Å². The summed E-state index contributed by atoms with van der Waals surface area (Å²) in [6.45, 7) is 1.49. The first-order chi connectivity index (χ1) is 12.0. The monoisotopic (exact) mass is 422 g/mol. The molecule has 5 nitrogen and oxygen atoms in total. The Morgan fingerprint density at radius 2 is 1.88 bits per heavy atom. The van der Waals surface area contributed by atoms with Gasteiger partial charge in [-0.3, -0.25) is 0 Å². The van der Waals surface area contributed by atoms with E-state index in [4.69, 9.17) is 4.74 Å². The highest BCUT2D eigenvalue weighted by atomic mass is 79.9. The van der Waals surface area contributed by atoms with Gasteiger partial charge in [-0.1, -0.05) is 28.1 Å². The molecular formula is C18H19BrN2O3S. The molecule has 2 aromatic carbocycles. The van der Waals surface area contributed by atoms with E-state index in [0.29, 0.717) is 23.6 Å². The van der Waals surface area contributed by atoms with Gasteiger partial charge in [-0.15, -0.1) is 0 Å². The van der Waals surface area contributed by atoms with Crippen LogP contribution in [0.15, 0.2) is 56.2 Å². The zero-order valence-electron chi connectivity index (χ0n) is 13.8. The number of sulfonamides is 1. The molecule has 1 aliphatic heterocycles. The minimum Gasteiger partial charge on any atom is -0.494 e. The zero-order valence-corrected chi connectivity index (χ0v) is 16.2. The van der Waals surface area contributed by atoms with Crippen molar-refractivity contribution >= 4 is 31.7 Å². The summed E-state index contributed by atoms with van der Waals surface area (Å²) in [6, 6.07) is 12.6. The number of unbranched alkanes of at least 4 members (excludes halogenated alkanes) is 1. The van der Waals surface area contributed by atoms with Crippen LogP contribution in [0.4, 0.5) is 0 Å². The third-order valence-electron chi connectivity index (χ3n) is 3.91. The summed E-state index contributed by atoms with van der Waals surface area (Å²) >= 11 is 3.38. The summed E-state index contributed by atoms with van der Waals surface area (Å²) in [4.78, 5) is 0.207. The van der Waals surface area contributed by atoms with Gasteiger partial charge < -0.3 is 10.1 Å². The minimum atomic E-state index is -3.69. The fraction of sp³-hybridized carbons (Fsp3) is 0.278. The summed E-state index contributed by atoms with van der Waals surface area (Å²) in [6.07, 6.45) is 1.92. The van der Waals surface area contributed by atoms with E-state index in [-0.39, 0.29) is 4.90 Å². The van der Waals surface area contributed by atoms with Crippen LogP contribution in [-0.4, -0.2) is 34.3 Å². The van der Waals surface area contributed by atoms with E-state index in [9.17, 15) is 8.42 Å². The zero-order chi connectivity index (χ0) is 17.9. The Kier molecular flexibility index (Phi) is 5.56. The van der Waals surface area contributed by atoms with Crippen molar-refractivity contribution in [3.05, 3.63) is 58.1 Å². The van der Waals surface area contributed by atoms with Crippen molar-refractivity contribution in [3.8, 4) is 5.75 Å². The number of nitrogens with zero attached hydrogens (tertiary/aromatic N) is 1. The molecule has 1 aliphatic rings. The predicted octanol–water partition coefficient (Wildman–Crippen LogP) is 3.37. The Labute approximate surface area is 156 Å². The number of benzene rings is 2. The maximum atomic E-state index is 12.4. The average molecular weight is 423 g/mol. The summed E-state index contributed by atoms with van der Waals surface area (Å²) in [5.74, 6) is 0.555. The number of nitrogens with one attached hydrogen (secondary N) is 1. The molecule has 132 valence electrons. The molecule has 2 aromatic rings. The largest absolute Gasteiger partial charge is 0.494 e. The number of fused-ring (bicyclic) bond motifs is 1. The van der Waals surface area contributed by atoms with E-state index < -0.39 is 10.0 Å². The van der Waals surface area contributed by atoms with Crippen LogP contribution < -0.4 is 10.1 Å². The molecule has 1 heterocycles. The van der Waals surface area contributed by atoms with Crippen molar-refractivity contribution in [1.82, 2.24) is 5.32 Å². The van der Waals surface area contributed by atoms with Crippen LogP contribution in [-0.2, 0) is 10.0 Å². The van der Waals surface area contributed by atoms with E-state index in [1.165, 1.54) is 0 Å². The van der Waals surface area contributed by atoms with Gasteiger partial charge in [0, 0.05) is 21.7 Å². The Hall–Kier alpha value is -1.70. The summed E-state index contributed by atoms with van der Waals surface area (Å²) < 4.78 is 35.4. The Bertz CT molecular complexity index is 893. The second-order valence-corrected chi connectivity index (χ2v) is 8.23. The molecule has 0 aliphatic carbocycles. The minimum absolute atomic E-state index is 0.207. The van der Waals surface area contributed by atoms with Crippen LogP contribution in [0.1, 0.15) is 24.0 Å². The second-order valence-electron chi connectivity index (χ2n) is 5.74. The molecule has 0 unspecified atom stereocenters. The molecule has 0 fully saturated rings. The first kappa shape index (κ1) is 18.1. The Balaban J connectivity index is 1.82. The summed E-state index contributed by atoms with van der Waals surface area (Å²) in [5.41, 5.74) is 1.86. The lowest BCUT2D eigenvalue weighted by Gasteiger charge is -2.08. The van der Waals surface area contributed by atoms with Crippen LogP contribution in [0, 0.1) is 0 Å². The van der Waals surface area contributed by atoms with Gasteiger partial charge in [0.2, 0.25) is 0 Å². The van der Waals surface area contributed by atoms with Crippen LogP contribution in [0.2, 0.25) is 0 Å². The van der Waals surface area contributed by atoms with E-state index in [1.54, 1.807) is 18.2 Å². The molecule has 1 N–H and O–H groups in total. The molecule has 0 amide bonds. The fourth-order valence-electron chi connectivity index (χ4n) is 2.63. The third-order valence-corrected chi connectivity index (χ3v) is 5.75. The predicted molar refractivity (Wildman–Crippen MR) is 102 cm³/mol. The number of halogens is 1. The highest BCUT2D eigenvalue weighted by molar-refractivity contribution is 9.10. The van der Waals surface area contributed by atoms with Crippen LogP contribution >= 0.6 is 15.9 Å². The highest BCUT2D eigenvalue weighted by Gasteiger charge is 2.30. The summed E-state index contributed by atoms with van der Waals surface area (Å²) in [7, 11) is -1.78. The lowest BCUT2D eigenvalue weighted by molar-refractivity contribution is 0.305. The molecule has 7 heteroatoms.